The molecule has 8 nitrogen and oxygen atoms in total. The molecule has 0 aliphatic heterocycles. The molecular formula is C13H14N4O4. The van der Waals surface area contributed by atoms with Crippen molar-refractivity contribution in [2.45, 2.75) is 13.5 Å². The minimum absolute atomic E-state index is 0.117. The molecule has 0 aliphatic carbocycles. The SMILES string of the molecule is CCOc1ccccc1NC(=O)Cn1cc([N+](=O)[O-])cn1. The molecule has 2 aromatic rings. The highest BCUT2D eigenvalue weighted by molar-refractivity contribution is 5.92. The highest BCUT2D eigenvalue weighted by atomic mass is 16.6. The van der Waals surface area contributed by atoms with Gasteiger partial charge in [-0.15, -0.1) is 0 Å². The van der Waals surface area contributed by atoms with Gasteiger partial charge < -0.3 is 10.1 Å². The van der Waals surface area contributed by atoms with E-state index in [4.69, 9.17) is 4.74 Å². The largest absolute Gasteiger partial charge is 0.492 e. The van der Waals surface area contributed by atoms with Crippen molar-refractivity contribution < 1.29 is 14.5 Å². The zero-order valence-electron chi connectivity index (χ0n) is 11.4. The van der Waals surface area contributed by atoms with Gasteiger partial charge in [-0.05, 0) is 19.1 Å². The van der Waals surface area contributed by atoms with Gasteiger partial charge in [-0.3, -0.25) is 19.6 Å². The number of amides is 1. The van der Waals surface area contributed by atoms with Crippen LogP contribution >= 0.6 is 0 Å². The summed E-state index contributed by atoms with van der Waals surface area (Å²) in [6, 6.07) is 7.04. The van der Waals surface area contributed by atoms with E-state index >= 15 is 0 Å². The molecule has 0 unspecified atom stereocenters. The monoisotopic (exact) mass is 290 g/mol. The zero-order valence-corrected chi connectivity index (χ0v) is 11.4. The molecular weight excluding hydrogens is 276 g/mol. The summed E-state index contributed by atoms with van der Waals surface area (Å²) in [4.78, 5) is 21.9. The maximum Gasteiger partial charge on any atom is 0.307 e. The number of ether oxygens (including phenoxy) is 1. The van der Waals surface area contributed by atoms with Gasteiger partial charge in [0.2, 0.25) is 5.91 Å². The van der Waals surface area contributed by atoms with E-state index in [0.717, 1.165) is 6.20 Å². The molecule has 0 saturated heterocycles. The van der Waals surface area contributed by atoms with Gasteiger partial charge in [0, 0.05) is 0 Å². The number of rotatable bonds is 6. The molecule has 8 heteroatoms. The van der Waals surface area contributed by atoms with Gasteiger partial charge in [-0.1, -0.05) is 12.1 Å². The summed E-state index contributed by atoms with van der Waals surface area (Å²) < 4.78 is 6.60. The Hall–Kier alpha value is -2.90. The van der Waals surface area contributed by atoms with Crippen molar-refractivity contribution >= 4 is 17.3 Å². The van der Waals surface area contributed by atoms with E-state index in [2.05, 4.69) is 10.4 Å². The van der Waals surface area contributed by atoms with Crippen LogP contribution in [0.3, 0.4) is 0 Å². The lowest BCUT2D eigenvalue weighted by Crippen LogP contribution is -2.19. The smallest absolute Gasteiger partial charge is 0.307 e. The molecule has 1 heterocycles. The van der Waals surface area contributed by atoms with Crippen LogP contribution in [0.25, 0.3) is 0 Å². The summed E-state index contributed by atoms with van der Waals surface area (Å²) in [5.41, 5.74) is 0.392. The van der Waals surface area contributed by atoms with Crippen LogP contribution in [0.2, 0.25) is 0 Å². The number of anilines is 1. The fourth-order valence-corrected chi connectivity index (χ4v) is 1.72. The van der Waals surface area contributed by atoms with E-state index in [9.17, 15) is 14.9 Å². The number of carbonyl (C=O) groups excluding carboxylic acids is 1. The van der Waals surface area contributed by atoms with Gasteiger partial charge in [-0.25, -0.2) is 0 Å². The number of nitrogens with zero attached hydrogens (tertiary/aromatic N) is 3. The third kappa shape index (κ3) is 3.78. The van der Waals surface area contributed by atoms with Crippen molar-refractivity contribution in [2.75, 3.05) is 11.9 Å². The number of hydrogen-bond donors (Lipinski definition) is 1. The Morgan fingerprint density at radius 3 is 2.90 bits per heavy atom. The van der Waals surface area contributed by atoms with E-state index in [1.165, 1.54) is 10.9 Å². The van der Waals surface area contributed by atoms with E-state index in [0.29, 0.717) is 18.0 Å². The second-order valence-corrected chi connectivity index (χ2v) is 4.13. The molecule has 21 heavy (non-hydrogen) atoms. The topological polar surface area (TPSA) is 99.3 Å². The summed E-state index contributed by atoms with van der Waals surface area (Å²) in [5.74, 6) is 0.222. The van der Waals surface area contributed by atoms with Crippen molar-refractivity contribution in [2.24, 2.45) is 0 Å². The van der Waals surface area contributed by atoms with Crippen LogP contribution < -0.4 is 10.1 Å². The number of aromatic nitrogens is 2. The summed E-state index contributed by atoms with van der Waals surface area (Å²) >= 11 is 0. The highest BCUT2D eigenvalue weighted by Crippen LogP contribution is 2.23. The average Bonchev–Trinajstić information content (AvgIpc) is 2.90. The molecule has 1 amide bonds. The number of nitrogens with one attached hydrogen (secondary N) is 1. The Balaban J connectivity index is 2.02. The van der Waals surface area contributed by atoms with Crippen molar-refractivity contribution in [1.82, 2.24) is 9.78 Å². The average molecular weight is 290 g/mol. The summed E-state index contributed by atoms with van der Waals surface area (Å²) in [5, 5.41) is 17.0. The number of carbonyl (C=O) groups is 1. The molecule has 0 aliphatic rings. The molecule has 1 N–H and O–H groups in total. The van der Waals surface area contributed by atoms with Gasteiger partial charge in [0.05, 0.1) is 17.2 Å². The second kappa shape index (κ2) is 6.51. The van der Waals surface area contributed by atoms with Gasteiger partial charge in [0.1, 0.15) is 24.7 Å². The lowest BCUT2D eigenvalue weighted by molar-refractivity contribution is -0.385. The molecule has 2 rings (SSSR count). The molecule has 1 aromatic heterocycles. The maximum absolute atomic E-state index is 11.9. The lowest BCUT2D eigenvalue weighted by Gasteiger charge is -2.11. The second-order valence-electron chi connectivity index (χ2n) is 4.13. The van der Waals surface area contributed by atoms with E-state index in [1.54, 1.807) is 24.3 Å². The van der Waals surface area contributed by atoms with Crippen LogP contribution in [0.5, 0.6) is 5.75 Å². The van der Waals surface area contributed by atoms with Crippen LogP contribution in [-0.2, 0) is 11.3 Å². The Kier molecular flexibility index (Phi) is 4.50. The zero-order chi connectivity index (χ0) is 15.2. The Labute approximate surface area is 120 Å². The van der Waals surface area contributed by atoms with Gasteiger partial charge in [0.25, 0.3) is 0 Å². The quantitative estimate of drug-likeness (QED) is 0.646. The van der Waals surface area contributed by atoms with Crippen LogP contribution in [-0.4, -0.2) is 27.2 Å². The molecule has 0 saturated carbocycles. The Morgan fingerprint density at radius 1 is 1.48 bits per heavy atom. The van der Waals surface area contributed by atoms with Crippen LogP contribution in [0.1, 0.15) is 6.92 Å². The van der Waals surface area contributed by atoms with Crippen molar-refractivity contribution in [1.29, 1.82) is 0 Å². The first-order valence-corrected chi connectivity index (χ1v) is 6.28. The number of hydrogen-bond acceptors (Lipinski definition) is 5. The van der Waals surface area contributed by atoms with Crippen LogP contribution in [0.15, 0.2) is 36.7 Å². The fourth-order valence-electron chi connectivity index (χ4n) is 1.72. The normalized spacial score (nSPS) is 10.1. The predicted molar refractivity (Wildman–Crippen MR) is 75.1 cm³/mol. The predicted octanol–water partition coefficient (Wildman–Crippen LogP) is 1.83. The van der Waals surface area contributed by atoms with Gasteiger partial charge in [-0.2, -0.15) is 5.10 Å². The first-order valence-electron chi connectivity index (χ1n) is 6.28. The number of benzene rings is 1. The summed E-state index contributed by atoms with van der Waals surface area (Å²) in [6.07, 6.45) is 2.30. The van der Waals surface area contributed by atoms with Gasteiger partial charge in [0.15, 0.2) is 0 Å². The molecule has 0 spiro atoms. The first kappa shape index (κ1) is 14.5. The van der Waals surface area contributed by atoms with E-state index in [-0.39, 0.29) is 18.1 Å². The first-order chi connectivity index (χ1) is 10.1. The molecule has 0 atom stereocenters. The minimum Gasteiger partial charge on any atom is -0.492 e. The van der Waals surface area contributed by atoms with Crippen LogP contribution in [0, 0.1) is 10.1 Å². The lowest BCUT2D eigenvalue weighted by atomic mass is 10.3. The maximum atomic E-state index is 11.9. The van der Waals surface area contributed by atoms with Crippen molar-refractivity contribution in [3.05, 3.63) is 46.8 Å². The third-order valence-electron chi connectivity index (χ3n) is 2.60. The highest BCUT2D eigenvalue weighted by Gasteiger charge is 2.12. The van der Waals surface area contributed by atoms with Crippen molar-refractivity contribution in [3.8, 4) is 5.75 Å². The number of para-hydroxylation sites is 2. The van der Waals surface area contributed by atoms with Crippen LogP contribution in [0.4, 0.5) is 11.4 Å². The number of nitro groups is 1. The molecule has 110 valence electrons. The van der Waals surface area contributed by atoms with Gasteiger partial charge >= 0.3 is 5.69 Å². The molecule has 1 aromatic carbocycles. The summed E-state index contributed by atoms with van der Waals surface area (Å²) in [7, 11) is 0. The fraction of sp³-hybridized carbons (Fsp3) is 0.231. The van der Waals surface area contributed by atoms with E-state index < -0.39 is 4.92 Å². The molecule has 0 bridgehead atoms. The standard InChI is InChI=1S/C13H14N4O4/c1-2-21-12-6-4-3-5-11(12)15-13(18)9-16-8-10(7-14-16)17(19)20/h3-8H,2,9H2,1H3,(H,15,18). The summed E-state index contributed by atoms with van der Waals surface area (Å²) in [6.45, 7) is 2.22. The van der Waals surface area contributed by atoms with E-state index in [1.807, 2.05) is 6.92 Å². The molecule has 0 radical (unpaired) electrons. The Morgan fingerprint density at radius 2 is 2.24 bits per heavy atom. The third-order valence-corrected chi connectivity index (χ3v) is 2.60. The van der Waals surface area contributed by atoms with Crippen molar-refractivity contribution in [3.63, 3.8) is 0 Å². The molecule has 0 fully saturated rings. The minimum atomic E-state index is -0.564. The Bertz CT molecular complexity index is 653.